The van der Waals surface area contributed by atoms with Crippen molar-refractivity contribution in [3.8, 4) is 5.75 Å². The number of carbonyl (C=O) groups is 1. The Labute approximate surface area is 165 Å². The Hall–Kier alpha value is -1.19. The monoisotopic (exact) mass is 471 g/mol. The number of likely N-dealkylation sites (tertiary alicyclic amines) is 1. The molecule has 2 aromatic rings. The molecule has 1 atom stereocenters. The maximum atomic E-state index is 12.0. The first-order valence-electron chi connectivity index (χ1n) is 8.43. The van der Waals surface area contributed by atoms with Crippen molar-refractivity contribution in [2.45, 2.75) is 26.3 Å². The summed E-state index contributed by atoms with van der Waals surface area (Å²) in [6.45, 7) is 5.40. The van der Waals surface area contributed by atoms with E-state index in [0.29, 0.717) is 10.9 Å². The van der Waals surface area contributed by atoms with Gasteiger partial charge in [-0.05, 0) is 72.2 Å². The van der Waals surface area contributed by atoms with Crippen LogP contribution < -0.4 is 10.1 Å². The van der Waals surface area contributed by atoms with Gasteiger partial charge < -0.3 is 4.74 Å². The van der Waals surface area contributed by atoms with Gasteiger partial charge in [0.05, 0.1) is 5.69 Å². The Morgan fingerprint density at radius 3 is 3.00 bits per heavy atom. The second kappa shape index (κ2) is 8.95. The molecule has 0 spiro atoms. The van der Waals surface area contributed by atoms with Gasteiger partial charge in [0.2, 0.25) is 0 Å². The number of piperidine rings is 1. The number of anilines is 1. The summed E-state index contributed by atoms with van der Waals surface area (Å²) in [5, 5.41) is 5.47. The van der Waals surface area contributed by atoms with Gasteiger partial charge in [-0.3, -0.25) is 15.0 Å². The second-order valence-electron chi connectivity index (χ2n) is 6.42. The van der Waals surface area contributed by atoms with Crippen LogP contribution in [0.15, 0.2) is 29.6 Å². The first-order chi connectivity index (χ1) is 12.1. The molecule has 2 heterocycles. The fraction of sp³-hybridized carbons (Fsp3) is 0.444. The summed E-state index contributed by atoms with van der Waals surface area (Å²) >= 11 is 3.70. The number of amides is 1. The van der Waals surface area contributed by atoms with Crippen LogP contribution in [0.25, 0.3) is 0 Å². The highest BCUT2D eigenvalue weighted by atomic mass is 127. The van der Waals surface area contributed by atoms with Gasteiger partial charge in [-0.25, -0.2) is 4.98 Å². The molecule has 1 fully saturated rings. The van der Waals surface area contributed by atoms with Crippen LogP contribution in [-0.2, 0) is 11.3 Å². The second-order valence-corrected chi connectivity index (χ2v) is 8.52. The third kappa shape index (κ3) is 5.93. The highest BCUT2D eigenvalue weighted by molar-refractivity contribution is 14.1. The van der Waals surface area contributed by atoms with E-state index in [-0.39, 0.29) is 12.5 Å². The Morgan fingerprint density at radius 1 is 1.44 bits per heavy atom. The molecule has 1 aliphatic rings. The molecule has 1 saturated heterocycles. The molecule has 1 aliphatic heterocycles. The molecule has 0 saturated carbocycles. The Balaban J connectivity index is 1.45. The summed E-state index contributed by atoms with van der Waals surface area (Å²) in [4.78, 5) is 19.0. The molecule has 25 heavy (non-hydrogen) atoms. The van der Waals surface area contributed by atoms with E-state index in [1.807, 2.05) is 29.6 Å². The van der Waals surface area contributed by atoms with Crippen LogP contribution in [0.2, 0.25) is 0 Å². The third-order valence-corrected chi connectivity index (χ3v) is 5.63. The van der Waals surface area contributed by atoms with E-state index in [9.17, 15) is 4.79 Å². The van der Waals surface area contributed by atoms with E-state index < -0.39 is 0 Å². The first kappa shape index (κ1) is 18.6. The van der Waals surface area contributed by atoms with Crippen molar-refractivity contribution in [2.24, 2.45) is 5.92 Å². The van der Waals surface area contributed by atoms with Crippen molar-refractivity contribution in [1.82, 2.24) is 9.88 Å². The third-order valence-electron chi connectivity index (χ3n) is 4.11. The molecule has 1 unspecified atom stereocenters. The molecule has 1 aromatic carbocycles. The quantitative estimate of drug-likeness (QED) is 0.648. The zero-order valence-electron chi connectivity index (χ0n) is 14.2. The number of ether oxygens (including phenoxy) is 1. The highest BCUT2D eigenvalue weighted by Crippen LogP contribution is 2.21. The van der Waals surface area contributed by atoms with Gasteiger partial charge in [-0.2, -0.15) is 0 Å². The molecule has 1 amide bonds. The van der Waals surface area contributed by atoms with Gasteiger partial charge in [0.1, 0.15) is 5.75 Å². The van der Waals surface area contributed by atoms with Crippen LogP contribution in [0.3, 0.4) is 0 Å². The standard InChI is InChI=1S/C18H22IN3O2S/c1-13-3-2-8-22(9-13)10-15-12-25-18(20-15)21-17(23)11-24-16-6-4-14(19)5-7-16/h4-7,12-13H,2-3,8-11H2,1H3,(H,20,21,23). The minimum atomic E-state index is -0.189. The van der Waals surface area contributed by atoms with Crippen LogP contribution in [0.4, 0.5) is 5.13 Å². The van der Waals surface area contributed by atoms with E-state index in [1.165, 1.54) is 24.2 Å². The summed E-state index contributed by atoms with van der Waals surface area (Å²) < 4.78 is 6.62. The number of nitrogens with zero attached hydrogens (tertiary/aromatic N) is 2. The van der Waals surface area contributed by atoms with Crippen molar-refractivity contribution in [3.63, 3.8) is 0 Å². The molecule has 0 aliphatic carbocycles. The number of halogens is 1. The summed E-state index contributed by atoms with van der Waals surface area (Å²) in [6.07, 6.45) is 2.57. The van der Waals surface area contributed by atoms with E-state index in [0.717, 1.165) is 34.8 Å². The molecule has 0 radical (unpaired) electrons. The molecule has 0 bridgehead atoms. The number of hydrogen-bond donors (Lipinski definition) is 1. The van der Waals surface area contributed by atoms with Crippen LogP contribution >= 0.6 is 33.9 Å². The fourth-order valence-electron chi connectivity index (χ4n) is 2.93. The lowest BCUT2D eigenvalue weighted by molar-refractivity contribution is -0.118. The lowest BCUT2D eigenvalue weighted by Gasteiger charge is -2.30. The largest absolute Gasteiger partial charge is 0.484 e. The lowest BCUT2D eigenvalue weighted by Crippen LogP contribution is -2.33. The van der Waals surface area contributed by atoms with Gasteiger partial charge in [0.15, 0.2) is 11.7 Å². The van der Waals surface area contributed by atoms with E-state index in [4.69, 9.17) is 4.74 Å². The first-order valence-corrected chi connectivity index (χ1v) is 10.4. The van der Waals surface area contributed by atoms with E-state index in [1.54, 1.807) is 0 Å². The summed E-state index contributed by atoms with van der Waals surface area (Å²) in [5.74, 6) is 1.26. The summed E-state index contributed by atoms with van der Waals surface area (Å²) in [7, 11) is 0. The Bertz CT molecular complexity index is 705. The van der Waals surface area contributed by atoms with E-state index >= 15 is 0 Å². The average Bonchev–Trinajstić information content (AvgIpc) is 3.01. The molecule has 134 valence electrons. The zero-order chi connectivity index (χ0) is 17.6. The van der Waals surface area contributed by atoms with Gasteiger partial charge in [0.25, 0.3) is 5.91 Å². The normalized spacial score (nSPS) is 18.1. The van der Waals surface area contributed by atoms with Gasteiger partial charge in [-0.1, -0.05) is 6.92 Å². The number of nitrogens with one attached hydrogen (secondary N) is 1. The molecule has 5 nitrogen and oxygen atoms in total. The molecule has 7 heteroatoms. The van der Waals surface area contributed by atoms with Crippen molar-refractivity contribution in [2.75, 3.05) is 25.0 Å². The number of thiazole rings is 1. The number of hydrogen-bond acceptors (Lipinski definition) is 5. The molecule has 3 rings (SSSR count). The smallest absolute Gasteiger partial charge is 0.264 e. The Kier molecular flexibility index (Phi) is 6.66. The zero-order valence-corrected chi connectivity index (χ0v) is 17.2. The molecular formula is C18H22IN3O2S. The minimum Gasteiger partial charge on any atom is -0.484 e. The SMILES string of the molecule is CC1CCCN(Cc2csc(NC(=O)COc3ccc(I)cc3)n2)C1. The number of carbonyl (C=O) groups excluding carboxylic acids is 1. The lowest BCUT2D eigenvalue weighted by atomic mass is 10.0. The van der Waals surface area contributed by atoms with Crippen molar-refractivity contribution in [1.29, 1.82) is 0 Å². The van der Waals surface area contributed by atoms with Crippen LogP contribution in [0.5, 0.6) is 5.75 Å². The van der Waals surface area contributed by atoms with E-state index in [2.05, 4.69) is 44.7 Å². The minimum absolute atomic E-state index is 0.0147. The van der Waals surface area contributed by atoms with Crippen molar-refractivity contribution < 1.29 is 9.53 Å². The van der Waals surface area contributed by atoms with Crippen LogP contribution in [0.1, 0.15) is 25.5 Å². The molecule has 1 aromatic heterocycles. The highest BCUT2D eigenvalue weighted by Gasteiger charge is 2.17. The fourth-order valence-corrected chi connectivity index (χ4v) is 4.01. The Morgan fingerprint density at radius 2 is 2.24 bits per heavy atom. The van der Waals surface area contributed by atoms with Crippen LogP contribution in [0, 0.1) is 9.49 Å². The summed E-state index contributed by atoms with van der Waals surface area (Å²) in [5.41, 5.74) is 1.02. The number of benzene rings is 1. The molecular weight excluding hydrogens is 449 g/mol. The van der Waals surface area contributed by atoms with Crippen molar-refractivity contribution >= 4 is 45.0 Å². The maximum Gasteiger partial charge on any atom is 0.264 e. The average molecular weight is 471 g/mol. The van der Waals surface area contributed by atoms with Gasteiger partial charge in [-0.15, -0.1) is 11.3 Å². The summed E-state index contributed by atoms with van der Waals surface area (Å²) in [6, 6.07) is 7.61. The van der Waals surface area contributed by atoms with Gasteiger partial charge in [0, 0.05) is 22.0 Å². The number of rotatable bonds is 6. The number of aromatic nitrogens is 1. The van der Waals surface area contributed by atoms with Crippen LogP contribution in [-0.4, -0.2) is 35.5 Å². The van der Waals surface area contributed by atoms with Gasteiger partial charge >= 0.3 is 0 Å². The van der Waals surface area contributed by atoms with Crippen molar-refractivity contribution in [3.05, 3.63) is 38.9 Å². The predicted molar refractivity (Wildman–Crippen MR) is 109 cm³/mol. The predicted octanol–water partition coefficient (Wildman–Crippen LogP) is 4.00. The maximum absolute atomic E-state index is 12.0. The molecule has 1 N–H and O–H groups in total. The topological polar surface area (TPSA) is 54.5 Å².